The summed E-state index contributed by atoms with van der Waals surface area (Å²) < 4.78 is 27.3. The molecule has 2 rings (SSSR count). The van der Waals surface area contributed by atoms with E-state index in [1.165, 1.54) is 19.2 Å². The van der Waals surface area contributed by atoms with Crippen molar-refractivity contribution in [2.75, 3.05) is 0 Å². The van der Waals surface area contributed by atoms with Crippen LogP contribution in [0.1, 0.15) is 11.1 Å². The molecular weight excluding hydrogens is 242 g/mol. The van der Waals surface area contributed by atoms with Crippen molar-refractivity contribution in [2.45, 2.75) is 13.5 Å². The predicted molar refractivity (Wildman–Crippen MR) is 61.5 cm³/mol. The van der Waals surface area contributed by atoms with E-state index < -0.39 is 22.9 Å². The van der Waals surface area contributed by atoms with E-state index in [-0.39, 0.29) is 12.1 Å². The number of hydrogen-bond acceptors (Lipinski definition) is 2. The zero-order chi connectivity index (χ0) is 13.3. The molecule has 0 radical (unpaired) electrons. The first kappa shape index (κ1) is 12.2. The van der Waals surface area contributed by atoms with Gasteiger partial charge >= 0.3 is 5.69 Å². The summed E-state index contributed by atoms with van der Waals surface area (Å²) in [5.41, 5.74) is -0.591. The molecule has 2 aromatic rings. The Balaban J connectivity index is 2.43. The second-order valence-corrected chi connectivity index (χ2v) is 3.94. The lowest BCUT2D eigenvalue weighted by molar-refractivity contribution is 0.562. The molecule has 4 nitrogen and oxygen atoms in total. The Bertz CT molecular complexity index is 704. The molecule has 0 aliphatic rings. The van der Waals surface area contributed by atoms with Crippen LogP contribution in [-0.2, 0) is 6.54 Å². The number of H-pyrrole nitrogens is 1. The topological polar surface area (TPSA) is 54.9 Å². The van der Waals surface area contributed by atoms with E-state index in [2.05, 4.69) is 4.98 Å². The predicted octanol–water partition coefficient (Wildman–Crippen LogP) is 1.17. The number of rotatable bonds is 2. The van der Waals surface area contributed by atoms with Crippen LogP contribution in [0.2, 0.25) is 0 Å². The van der Waals surface area contributed by atoms with Crippen molar-refractivity contribution in [1.82, 2.24) is 9.55 Å². The number of hydrogen-bond donors (Lipinski definition) is 1. The van der Waals surface area contributed by atoms with Gasteiger partial charge < -0.3 is 0 Å². The van der Waals surface area contributed by atoms with E-state index in [4.69, 9.17) is 0 Å². The molecule has 1 N–H and O–H groups in total. The Morgan fingerprint density at radius 2 is 2.00 bits per heavy atom. The van der Waals surface area contributed by atoms with Gasteiger partial charge in [-0.15, -0.1) is 0 Å². The van der Waals surface area contributed by atoms with Crippen LogP contribution in [0.25, 0.3) is 0 Å². The van der Waals surface area contributed by atoms with Crippen LogP contribution in [0.15, 0.2) is 34.0 Å². The smallest absolute Gasteiger partial charge is 0.296 e. The number of nitrogens with zero attached hydrogens (tertiary/aromatic N) is 1. The van der Waals surface area contributed by atoms with Gasteiger partial charge in [-0.05, 0) is 13.0 Å². The molecule has 0 bridgehead atoms. The van der Waals surface area contributed by atoms with Crippen LogP contribution in [0.5, 0.6) is 0 Å². The van der Waals surface area contributed by atoms with Crippen LogP contribution < -0.4 is 11.2 Å². The standard InChI is InChI=1S/C12H10F2N2O2/c1-7-5-16(12(18)15-11(7)17)6-8-2-3-9(13)4-10(8)14/h2-5H,6H2,1H3,(H,15,17,18). The number of halogens is 2. The molecule has 94 valence electrons. The Morgan fingerprint density at radius 1 is 1.28 bits per heavy atom. The van der Waals surface area contributed by atoms with Gasteiger partial charge in [-0.2, -0.15) is 0 Å². The van der Waals surface area contributed by atoms with Crippen LogP contribution >= 0.6 is 0 Å². The highest BCUT2D eigenvalue weighted by molar-refractivity contribution is 5.19. The van der Waals surface area contributed by atoms with Crippen molar-refractivity contribution in [3.8, 4) is 0 Å². The lowest BCUT2D eigenvalue weighted by Gasteiger charge is -2.07. The molecule has 0 aliphatic carbocycles. The second kappa shape index (κ2) is 4.56. The van der Waals surface area contributed by atoms with E-state index in [1.54, 1.807) is 0 Å². The van der Waals surface area contributed by atoms with Gasteiger partial charge in [0.25, 0.3) is 5.56 Å². The zero-order valence-electron chi connectivity index (χ0n) is 9.54. The van der Waals surface area contributed by atoms with Crippen molar-refractivity contribution in [1.29, 1.82) is 0 Å². The third-order valence-corrected chi connectivity index (χ3v) is 2.54. The quantitative estimate of drug-likeness (QED) is 0.872. The molecule has 0 saturated heterocycles. The fraction of sp³-hybridized carbons (Fsp3) is 0.167. The van der Waals surface area contributed by atoms with Gasteiger partial charge in [0.2, 0.25) is 0 Å². The molecule has 1 heterocycles. The van der Waals surface area contributed by atoms with Gasteiger partial charge in [0.1, 0.15) is 11.6 Å². The average Bonchev–Trinajstić information content (AvgIpc) is 2.29. The fourth-order valence-electron chi connectivity index (χ4n) is 1.57. The Kier molecular flexibility index (Phi) is 3.10. The lowest BCUT2D eigenvalue weighted by Crippen LogP contribution is -2.31. The van der Waals surface area contributed by atoms with Crippen molar-refractivity contribution >= 4 is 0 Å². The highest BCUT2D eigenvalue weighted by Crippen LogP contribution is 2.10. The normalized spacial score (nSPS) is 10.6. The fourth-order valence-corrected chi connectivity index (χ4v) is 1.57. The first-order chi connectivity index (χ1) is 8.47. The summed E-state index contributed by atoms with van der Waals surface area (Å²) in [6.07, 6.45) is 1.34. The van der Waals surface area contributed by atoms with E-state index >= 15 is 0 Å². The van der Waals surface area contributed by atoms with Gasteiger partial charge in [-0.25, -0.2) is 13.6 Å². The summed E-state index contributed by atoms with van der Waals surface area (Å²) >= 11 is 0. The first-order valence-electron chi connectivity index (χ1n) is 5.21. The Hall–Kier alpha value is -2.24. The molecule has 1 aromatic carbocycles. The summed E-state index contributed by atoms with van der Waals surface area (Å²) in [5.74, 6) is -1.41. The van der Waals surface area contributed by atoms with Crippen molar-refractivity contribution in [3.05, 3.63) is 68.0 Å². The van der Waals surface area contributed by atoms with E-state index in [0.29, 0.717) is 5.56 Å². The molecule has 0 aliphatic heterocycles. The number of aromatic nitrogens is 2. The van der Waals surface area contributed by atoms with Gasteiger partial charge in [0.15, 0.2) is 0 Å². The maximum Gasteiger partial charge on any atom is 0.328 e. The summed E-state index contributed by atoms with van der Waals surface area (Å²) in [6, 6.07) is 3.12. The SMILES string of the molecule is Cc1cn(Cc2ccc(F)cc2F)c(=O)[nH]c1=O. The van der Waals surface area contributed by atoms with Gasteiger partial charge in [-0.1, -0.05) is 6.07 Å². The van der Waals surface area contributed by atoms with E-state index in [0.717, 1.165) is 16.7 Å². The number of nitrogens with one attached hydrogen (secondary N) is 1. The van der Waals surface area contributed by atoms with Crippen LogP contribution in [0.4, 0.5) is 8.78 Å². The Morgan fingerprint density at radius 3 is 2.67 bits per heavy atom. The van der Waals surface area contributed by atoms with Gasteiger partial charge in [0, 0.05) is 23.4 Å². The summed E-state index contributed by atoms with van der Waals surface area (Å²) in [4.78, 5) is 24.8. The highest BCUT2D eigenvalue weighted by atomic mass is 19.1. The monoisotopic (exact) mass is 252 g/mol. The van der Waals surface area contributed by atoms with Crippen LogP contribution in [0.3, 0.4) is 0 Å². The number of aryl methyl sites for hydroxylation is 1. The molecule has 0 unspecified atom stereocenters. The molecular formula is C12H10F2N2O2. The molecule has 0 amide bonds. The maximum atomic E-state index is 13.4. The van der Waals surface area contributed by atoms with Gasteiger partial charge in [-0.3, -0.25) is 14.3 Å². The summed E-state index contributed by atoms with van der Waals surface area (Å²) in [7, 11) is 0. The van der Waals surface area contributed by atoms with Crippen LogP contribution in [0, 0.1) is 18.6 Å². The summed E-state index contributed by atoms with van der Waals surface area (Å²) in [5, 5.41) is 0. The minimum absolute atomic E-state index is 0.0669. The van der Waals surface area contributed by atoms with Crippen molar-refractivity contribution < 1.29 is 8.78 Å². The Labute approximate surface area is 101 Å². The lowest BCUT2D eigenvalue weighted by atomic mass is 10.2. The molecule has 1 aromatic heterocycles. The molecule has 18 heavy (non-hydrogen) atoms. The zero-order valence-corrected chi connectivity index (χ0v) is 9.54. The minimum Gasteiger partial charge on any atom is -0.296 e. The largest absolute Gasteiger partial charge is 0.328 e. The van der Waals surface area contributed by atoms with E-state index in [9.17, 15) is 18.4 Å². The average molecular weight is 252 g/mol. The number of benzene rings is 1. The third-order valence-electron chi connectivity index (χ3n) is 2.54. The van der Waals surface area contributed by atoms with E-state index in [1.807, 2.05) is 0 Å². The molecule has 0 saturated carbocycles. The minimum atomic E-state index is -0.731. The molecule has 6 heteroatoms. The second-order valence-electron chi connectivity index (χ2n) is 3.94. The maximum absolute atomic E-state index is 13.4. The molecule has 0 fully saturated rings. The molecule has 0 spiro atoms. The number of aromatic amines is 1. The van der Waals surface area contributed by atoms with Crippen molar-refractivity contribution in [2.24, 2.45) is 0 Å². The first-order valence-corrected chi connectivity index (χ1v) is 5.21. The summed E-state index contributed by atoms with van der Waals surface area (Å²) in [6.45, 7) is 1.47. The molecule has 0 atom stereocenters. The van der Waals surface area contributed by atoms with Gasteiger partial charge in [0.05, 0.1) is 6.54 Å². The van der Waals surface area contributed by atoms with Crippen molar-refractivity contribution in [3.63, 3.8) is 0 Å². The van der Waals surface area contributed by atoms with Crippen LogP contribution in [-0.4, -0.2) is 9.55 Å². The third kappa shape index (κ3) is 2.37. The highest BCUT2D eigenvalue weighted by Gasteiger charge is 2.07.